The summed E-state index contributed by atoms with van der Waals surface area (Å²) in [6, 6.07) is 11.1. The number of benzene rings is 2. The number of piperazine rings is 1. The van der Waals surface area contributed by atoms with Crippen LogP contribution in [0.2, 0.25) is 5.02 Å². The van der Waals surface area contributed by atoms with Gasteiger partial charge in [-0.2, -0.15) is 4.31 Å². The Morgan fingerprint density at radius 3 is 2.53 bits per heavy atom. The Labute approximate surface area is 237 Å². The first-order chi connectivity index (χ1) is 18.2. The van der Waals surface area contributed by atoms with Gasteiger partial charge in [0.05, 0.1) is 10.8 Å². The fourth-order valence-corrected chi connectivity index (χ4v) is 8.43. The molecule has 3 aliphatic heterocycles. The third-order valence-corrected chi connectivity index (χ3v) is 10.8. The largest absolute Gasteiger partial charge is 0.368 e. The molecule has 0 bridgehead atoms. The summed E-state index contributed by atoms with van der Waals surface area (Å²) in [6.45, 7) is 5.48. The molecular formula is C27H32BrClN4O4S. The highest BCUT2D eigenvalue weighted by atomic mass is 79.9. The topological polar surface area (TPSA) is 81.2 Å². The van der Waals surface area contributed by atoms with E-state index in [0.29, 0.717) is 80.1 Å². The van der Waals surface area contributed by atoms with Crippen LogP contribution < -0.4 is 9.80 Å². The van der Waals surface area contributed by atoms with Crippen LogP contribution in [0, 0.1) is 5.92 Å². The lowest BCUT2D eigenvalue weighted by molar-refractivity contribution is -0.137. The Hall–Kier alpha value is -2.14. The molecule has 5 rings (SSSR count). The monoisotopic (exact) mass is 622 g/mol. The maximum absolute atomic E-state index is 13.8. The Bertz CT molecular complexity index is 1350. The summed E-state index contributed by atoms with van der Waals surface area (Å²) < 4.78 is 29.5. The summed E-state index contributed by atoms with van der Waals surface area (Å²) in [5.41, 5.74) is 2.67. The zero-order valence-electron chi connectivity index (χ0n) is 21.4. The molecule has 2 saturated heterocycles. The number of hydrogen-bond acceptors (Lipinski definition) is 5. The Balaban J connectivity index is 1.28. The van der Waals surface area contributed by atoms with Crippen molar-refractivity contribution in [3.63, 3.8) is 0 Å². The number of carbonyl (C=O) groups excluding carboxylic acids is 2. The quantitative estimate of drug-likeness (QED) is 0.500. The molecule has 0 radical (unpaired) electrons. The van der Waals surface area contributed by atoms with Crippen LogP contribution in [0.5, 0.6) is 0 Å². The predicted octanol–water partition coefficient (Wildman–Crippen LogP) is 4.15. The number of fused-ring (bicyclic) bond motifs is 1. The third kappa shape index (κ3) is 5.33. The highest BCUT2D eigenvalue weighted by Crippen LogP contribution is 2.38. The summed E-state index contributed by atoms with van der Waals surface area (Å²) in [5.74, 6) is -0.375. The molecular weight excluding hydrogens is 592 g/mol. The lowest BCUT2D eigenvalue weighted by atomic mass is 9.97. The number of rotatable bonds is 5. The SMILES string of the molecule is CCC(=O)N1CCc2cc(Br)c(S(=O)(=O)N3CCCC(C(=O)N4CCN(c5cccc(Cl)c5)CC4)C3)cc21. The van der Waals surface area contributed by atoms with Crippen LogP contribution >= 0.6 is 27.5 Å². The van der Waals surface area contributed by atoms with E-state index in [9.17, 15) is 18.0 Å². The number of hydrogen-bond donors (Lipinski definition) is 0. The van der Waals surface area contributed by atoms with Gasteiger partial charge in [0.1, 0.15) is 0 Å². The summed E-state index contributed by atoms with van der Waals surface area (Å²) in [5, 5.41) is 0.684. The minimum absolute atomic E-state index is 0.0170. The van der Waals surface area contributed by atoms with Crippen molar-refractivity contribution in [2.45, 2.75) is 37.5 Å². The molecule has 2 aromatic rings. The van der Waals surface area contributed by atoms with E-state index in [2.05, 4.69) is 20.8 Å². The molecule has 38 heavy (non-hydrogen) atoms. The van der Waals surface area contributed by atoms with Crippen LogP contribution in [0.1, 0.15) is 31.7 Å². The Morgan fingerprint density at radius 2 is 1.82 bits per heavy atom. The van der Waals surface area contributed by atoms with E-state index in [1.54, 1.807) is 17.9 Å². The van der Waals surface area contributed by atoms with Crippen molar-refractivity contribution in [3.05, 3.63) is 51.5 Å². The maximum Gasteiger partial charge on any atom is 0.244 e. The zero-order chi connectivity index (χ0) is 27.0. The van der Waals surface area contributed by atoms with Gasteiger partial charge in [-0.05, 0) is 71.1 Å². The van der Waals surface area contributed by atoms with E-state index in [1.165, 1.54) is 4.31 Å². The second-order valence-electron chi connectivity index (χ2n) is 10.1. The lowest BCUT2D eigenvalue weighted by Gasteiger charge is -2.39. The number of anilines is 2. The summed E-state index contributed by atoms with van der Waals surface area (Å²) in [4.78, 5) is 31.8. The van der Waals surface area contributed by atoms with Crippen molar-refractivity contribution >= 4 is 60.7 Å². The molecule has 2 fully saturated rings. The average Bonchev–Trinajstić information content (AvgIpc) is 3.34. The van der Waals surface area contributed by atoms with E-state index in [4.69, 9.17) is 11.6 Å². The number of carbonyl (C=O) groups is 2. The van der Waals surface area contributed by atoms with Gasteiger partial charge in [-0.1, -0.05) is 24.6 Å². The average molecular weight is 624 g/mol. The molecule has 204 valence electrons. The van der Waals surface area contributed by atoms with Crippen LogP contribution in [0.15, 0.2) is 45.8 Å². The van der Waals surface area contributed by atoms with Gasteiger partial charge in [0.2, 0.25) is 21.8 Å². The molecule has 0 saturated carbocycles. The standard InChI is InChI=1S/C27H32BrClN4O4S/c1-2-26(34)33-10-8-19-15-23(28)25(17-24(19)33)38(36,37)32-9-4-5-20(18-32)27(35)31-13-11-30(12-14-31)22-7-3-6-21(29)16-22/h3,6-7,15-17,20H,2,4-5,8-14,18H2,1H3. The molecule has 8 nitrogen and oxygen atoms in total. The molecule has 0 aromatic heterocycles. The molecule has 2 amide bonds. The van der Waals surface area contributed by atoms with Gasteiger partial charge < -0.3 is 14.7 Å². The Kier molecular flexibility index (Phi) is 8.05. The van der Waals surface area contributed by atoms with Gasteiger partial charge in [0, 0.05) is 73.1 Å². The van der Waals surface area contributed by atoms with Crippen LogP contribution in [0.3, 0.4) is 0 Å². The fourth-order valence-electron chi connectivity index (χ4n) is 5.65. The van der Waals surface area contributed by atoms with Crippen molar-refractivity contribution < 1.29 is 18.0 Å². The lowest BCUT2D eigenvalue weighted by Crippen LogP contribution is -2.53. The minimum atomic E-state index is -3.86. The first kappa shape index (κ1) is 27.4. The number of halogens is 2. The highest BCUT2D eigenvalue weighted by Gasteiger charge is 2.37. The van der Waals surface area contributed by atoms with Gasteiger partial charge in [0.25, 0.3) is 0 Å². The second-order valence-corrected chi connectivity index (χ2v) is 13.3. The van der Waals surface area contributed by atoms with Gasteiger partial charge >= 0.3 is 0 Å². The van der Waals surface area contributed by atoms with Gasteiger partial charge in [-0.15, -0.1) is 0 Å². The van der Waals surface area contributed by atoms with Crippen LogP contribution in [-0.2, 0) is 26.0 Å². The normalized spacial score (nSPS) is 20.5. The molecule has 1 unspecified atom stereocenters. The van der Waals surface area contributed by atoms with Gasteiger partial charge in [-0.3, -0.25) is 9.59 Å². The summed E-state index contributed by atoms with van der Waals surface area (Å²) >= 11 is 9.60. The third-order valence-electron chi connectivity index (χ3n) is 7.75. The first-order valence-electron chi connectivity index (χ1n) is 13.1. The minimum Gasteiger partial charge on any atom is -0.368 e. The van der Waals surface area contributed by atoms with Crippen molar-refractivity contribution in [2.24, 2.45) is 5.92 Å². The molecule has 0 spiro atoms. The molecule has 1 atom stereocenters. The van der Waals surface area contributed by atoms with Crippen LogP contribution in [0.4, 0.5) is 11.4 Å². The van der Waals surface area contributed by atoms with Gasteiger partial charge in [-0.25, -0.2) is 8.42 Å². The summed E-state index contributed by atoms with van der Waals surface area (Å²) in [6.07, 6.45) is 2.36. The number of sulfonamides is 1. The molecule has 0 N–H and O–H groups in total. The number of piperidine rings is 1. The van der Waals surface area contributed by atoms with Crippen molar-refractivity contribution in [1.82, 2.24) is 9.21 Å². The van der Waals surface area contributed by atoms with Crippen molar-refractivity contribution in [2.75, 3.05) is 55.6 Å². The highest BCUT2D eigenvalue weighted by molar-refractivity contribution is 9.10. The smallest absolute Gasteiger partial charge is 0.244 e. The van der Waals surface area contributed by atoms with E-state index < -0.39 is 10.0 Å². The van der Waals surface area contributed by atoms with E-state index in [1.807, 2.05) is 35.2 Å². The van der Waals surface area contributed by atoms with Crippen LogP contribution in [-0.4, -0.2) is 75.3 Å². The van der Waals surface area contributed by atoms with Crippen LogP contribution in [0.25, 0.3) is 0 Å². The molecule has 0 aliphatic carbocycles. The van der Waals surface area contributed by atoms with Gasteiger partial charge in [0.15, 0.2) is 0 Å². The molecule has 3 aliphatic rings. The molecule has 2 aromatic carbocycles. The molecule has 3 heterocycles. The summed E-state index contributed by atoms with van der Waals surface area (Å²) in [7, 11) is -3.86. The first-order valence-corrected chi connectivity index (χ1v) is 15.7. The van der Waals surface area contributed by atoms with E-state index in [0.717, 1.165) is 11.3 Å². The maximum atomic E-state index is 13.8. The van der Waals surface area contributed by atoms with Crippen molar-refractivity contribution in [3.8, 4) is 0 Å². The fraction of sp³-hybridized carbons (Fsp3) is 0.481. The molecule has 11 heteroatoms. The second kappa shape index (κ2) is 11.2. The Morgan fingerprint density at radius 1 is 1.05 bits per heavy atom. The number of amides is 2. The number of nitrogens with zero attached hydrogens (tertiary/aromatic N) is 4. The van der Waals surface area contributed by atoms with E-state index in [-0.39, 0.29) is 29.2 Å². The van der Waals surface area contributed by atoms with E-state index >= 15 is 0 Å². The predicted molar refractivity (Wildman–Crippen MR) is 152 cm³/mol. The van der Waals surface area contributed by atoms with Crippen molar-refractivity contribution in [1.29, 1.82) is 0 Å². The zero-order valence-corrected chi connectivity index (χ0v) is 24.6.